The number of nitrogens with one attached hydrogen (secondary N) is 1. The van der Waals surface area contributed by atoms with Crippen molar-refractivity contribution < 1.29 is 17.9 Å². The molecule has 0 aliphatic heterocycles. The summed E-state index contributed by atoms with van der Waals surface area (Å²) in [4.78, 5) is 11.6. The number of sulfonamides is 1. The lowest BCUT2D eigenvalue weighted by Crippen LogP contribution is -2.38. The predicted molar refractivity (Wildman–Crippen MR) is 69.2 cm³/mol. The topological polar surface area (TPSA) is 98.5 Å². The zero-order chi connectivity index (χ0) is 13.9. The quantitative estimate of drug-likeness (QED) is 0.769. The Morgan fingerprint density at radius 3 is 2.72 bits per heavy atom. The molecule has 1 atom stereocenters. The third kappa shape index (κ3) is 3.08. The van der Waals surface area contributed by atoms with Crippen molar-refractivity contribution in [3.8, 4) is 0 Å². The van der Waals surface area contributed by atoms with E-state index in [2.05, 4.69) is 9.46 Å². The van der Waals surface area contributed by atoms with Gasteiger partial charge in [-0.25, -0.2) is 17.9 Å². The van der Waals surface area contributed by atoms with Crippen LogP contribution in [0.1, 0.15) is 22.2 Å². The van der Waals surface area contributed by atoms with Gasteiger partial charge in [-0.1, -0.05) is 0 Å². The van der Waals surface area contributed by atoms with Gasteiger partial charge in [-0.3, -0.25) is 0 Å². The number of rotatable bonds is 5. The van der Waals surface area contributed by atoms with Gasteiger partial charge in [0.25, 0.3) is 0 Å². The molecule has 0 unspecified atom stereocenters. The maximum atomic E-state index is 12.2. The third-order valence-corrected chi connectivity index (χ3v) is 5.25. The van der Waals surface area contributed by atoms with Gasteiger partial charge in [-0.2, -0.15) is 0 Å². The minimum Gasteiger partial charge on any atom is -0.465 e. The van der Waals surface area contributed by atoms with Crippen LogP contribution >= 0.6 is 11.3 Å². The summed E-state index contributed by atoms with van der Waals surface area (Å²) in [7, 11) is -2.55. The fourth-order valence-electron chi connectivity index (χ4n) is 1.37. The number of hydrogen-bond donors (Lipinski definition) is 2. The molecule has 0 fully saturated rings. The molecule has 102 valence electrons. The van der Waals surface area contributed by atoms with Gasteiger partial charge in [-0.05, 0) is 24.8 Å². The van der Waals surface area contributed by atoms with Crippen molar-refractivity contribution in [1.29, 1.82) is 0 Å². The minimum atomic E-state index is -3.77. The lowest BCUT2D eigenvalue weighted by Gasteiger charge is -2.12. The van der Waals surface area contributed by atoms with E-state index in [0.29, 0.717) is 5.56 Å². The van der Waals surface area contributed by atoms with Crippen LogP contribution in [0.3, 0.4) is 0 Å². The third-order valence-electron chi connectivity index (χ3n) is 2.27. The van der Waals surface area contributed by atoms with Crippen LogP contribution < -0.4 is 10.5 Å². The molecule has 3 N–H and O–H groups in total. The molecular formula is C10H16N2O4S2. The molecule has 1 heterocycles. The summed E-state index contributed by atoms with van der Waals surface area (Å²) >= 11 is 1.05. The summed E-state index contributed by atoms with van der Waals surface area (Å²) in [6, 6.07) is -0.403. The Hall–Kier alpha value is -0.960. The van der Waals surface area contributed by atoms with Crippen molar-refractivity contribution in [2.45, 2.75) is 24.8 Å². The van der Waals surface area contributed by atoms with Crippen molar-refractivity contribution in [3.63, 3.8) is 0 Å². The van der Waals surface area contributed by atoms with Crippen molar-refractivity contribution in [2.75, 3.05) is 13.7 Å². The summed E-state index contributed by atoms with van der Waals surface area (Å²) in [6.45, 7) is 3.46. The fraction of sp³-hybridized carbons (Fsp3) is 0.500. The van der Waals surface area contributed by atoms with Gasteiger partial charge >= 0.3 is 5.97 Å². The van der Waals surface area contributed by atoms with Crippen LogP contribution in [-0.2, 0) is 14.8 Å². The maximum Gasteiger partial charge on any atom is 0.349 e. The molecule has 1 rings (SSSR count). The van der Waals surface area contributed by atoms with Crippen LogP contribution in [0.2, 0.25) is 0 Å². The maximum absolute atomic E-state index is 12.2. The molecule has 0 aromatic carbocycles. The molecule has 0 aliphatic carbocycles. The molecule has 0 aliphatic rings. The van der Waals surface area contributed by atoms with Gasteiger partial charge in [0.05, 0.1) is 7.11 Å². The predicted octanol–water partition coefficient (Wildman–Crippen LogP) is 0.469. The van der Waals surface area contributed by atoms with Crippen LogP contribution in [0.4, 0.5) is 0 Å². The first kappa shape index (κ1) is 15.1. The second-order valence-electron chi connectivity index (χ2n) is 3.83. The summed E-state index contributed by atoms with van der Waals surface area (Å²) in [6.07, 6.45) is 0. The number of hydrogen-bond acceptors (Lipinski definition) is 6. The molecule has 1 aromatic rings. The number of thiophene rings is 1. The summed E-state index contributed by atoms with van der Waals surface area (Å²) in [5, 5.41) is 1.61. The Morgan fingerprint density at radius 2 is 2.22 bits per heavy atom. The van der Waals surface area contributed by atoms with E-state index in [0.717, 1.165) is 11.3 Å². The Kier molecular flexibility index (Phi) is 4.85. The fourth-order valence-corrected chi connectivity index (χ4v) is 4.33. The first-order chi connectivity index (χ1) is 8.33. The van der Waals surface area contributed by atoms with E-state index in [9.17, 15) is 13.2 Å². The standard InChI is InChI=1S/C10H16N2O4S2/c1-6-5-17-8(10(13)16-3)9(6)18(14,15)12-7(2)4-11/h5,7,12H,4,11H2,1-3H3/t7-/m0/s1. The highest BCUT2D eigenvalue weighted by molar-refractivity contribution is 7.89. The highest BCUT2D eigenvalue weighted by Gasteiger charge is 2.28. The van der Waals surface area contributed by atoms with E-state index in [1.54, 1.807) is 19.2 Å². The van der Waals surface area contributed by atoms with Crippen molar-refractivity contribution in [2.24, 2.45) is 5.73 Å². The van der Waals surface area contributed by atoms with Gasteiger partial charge in [0.1, 0.15) is 9.77 Å². The van der Waals surface area contributed by atoms with Crippen molar-refractivity contribution in [3.05, 3.63) is 15.8 Å². The summed E-state index contributed by atoms with van der Waals surface area (Å²) in [5.41, 5.74) is 5.89. The van der Waals surface area contributed by atoms with Crippen LogP contribution in [0.5, 0.6) is 0 Å². The highest BCUT2D eigenvalue weighted by atomic mass is 32.2. The average Bonchev–Trinajstić information content (AvgIpc) is 2.70. The van der Waals surface area contributed by atoms with Gasteiger partial charge in [0, 0.05) is 12.6 Å². The van der Waals surface area contributed by atoms with E-state index in [1.807, 2.05) is 0 Å². The number of nitrogens with two attached hydrogens (primary N) is 1. The number of methoxy groups -OCH3 is 1. The number of carbonyl (C=O) groups excluding carboxylic acids is 1. The van der Waals surface area contributed by atoms with Crippen LogP contribution in [0, 0.1) is 6.92 Å². The molecule has 0 saturated heterocycles. The number of carbonyl (C=O) groups is 1. The van der Waals surface area contributed by atoms with Crippen molar-refractivity contribution in [1.82, 2.24) is 4.72 Å². The van der Waals surface area contributed by atoms with E-state index < -0.39 is 22.0 Å². The van der Waals surface area contributed by atoms with Gasteiger partial charge in [-0.15, -0.1) is 11.3 Å². The summed E-state index contributed by atoms with van der Waals surface area (Å²) < 4.78 is 31.3. The Bertz CT molecular complexity index is 536. The molecule has 0 radical (unpaired) electrons. The second-order valence-corrected chi connectivity index (χ2v) is 6.36. The van der Waals surface area contributed by atoms with E-state index in [1.165, 1.54) is 7.11 Å². The molecule has 0 spiro atoms. The van der Waals surface area contributed by atoms with E-state index in [-0.39, 0.29) is 16.3 Å². The first-order valence-corrected chi connectivity index (χ1v) is 7.58. The normalized spacial score (nSPS) is 13.3. The number of aryl methyl sites for hydroxylation is 1. The minimum absolute atomic E-state index is 0.0281. The van der Waals surface area contributed by atoms with Crippen LogP contribution in [-0.4, -0.2) is 34.1 Å². The molecular weight excluding hydrogens is 276 g/mol. The van der Waals surface area contributed by atoms with Gasteiger partial charge in [0.2, 0.25) is 10.0 Å². The first-order valence-electron chi connectivity index (χ1n) is 5.22. The van der Waals surface area contributed by atoms with Crippen LogP contribution in [0.15, 0.2) is 10.3 Å². The molecule has 0 amide bonds. The van der Waals surface area contributed by atoms with Crippen molar-refractivity contribution >= 4 is 27.3 Å². The van der Waals surface area contributed by atoms with Gasteiger partial charge in [0.15, 0.2) is 0 Å². The SMILES string of the molecule is COC(=O)c1scc(C)c1S(=O)(=O)N[C@@H](C)CN. The molecule has 8 heteroatoms. The molecule has 0 saturated carbocycles. The van der Waals surface area contributed by atoms with Gasteiger partial charge < -0.3 is 10.5 Å². The molecule has 0 bridgehead atoms. The molecule has 1 aromatic heterocycles. The van der Waals surface area contributed by atoms with E-state index >= 15 is 0 Å². The summed E-state index contributed by atoms with van der Waals surface area (Å²) in [5.74, 6) is -0.658. The molecule has 6 nitrogen and oxygen atoms in total. The Morgan fingerprint density at radius 1 is 1.61 bits per heavy atom. The molecule has 18 heavy (non-hydrogen) atoms. The Balaban J connectivity index is 3.24. The lowest BCUT2D eigenvalue weighted by atomic mass is 10.3. The van der Waals surface area contributed by atoms with E-state index in [4.69, 9.17) is 5.73 Å². The highest BCUT2D eigenvalue weighted by Crippen LogP contribution is 2.27. The number of esters is 1. The Labute approximate surface area is 110 Å². The zero-order valence-corrected chi connectivity index (χ0v) is 12.0. The lowest BCUT2D eigenvalue weighted by molar-refractivity contribution is 0.0602. The van der Waals surface area contributed by atoms with Crippen LogP contribution in [0.25, 0.3) is 0 Å². The second kappa shape index (κ2) is 5.79. The average molecular weight is 292 g/mol. The zero-order valence-electron chi connectivity index (χ0n) is 10.4. The largest absolute Gasteiger partial charge is 0.465 e. The smallest absolute Gasteiger partial charge is 0.349 e. The monoisotopic (exact) mass is 292 g/mol. The number of ether oxygens (including phenoxy) is 1.